The number of sulfone groups is 1. The van der Waals surface area contributed by atoms with Crippen LogP contribution in [0.2, 0.25) is 5.02 Å². The van der Waals surface area contributed by atoms with Crippen molar-refractivity contribution in [2.75, 3.05) is 18.1 Å². The van der Waals surface area contributed by atoms with Gasteiger partial charge in [0.1, 0.15) is 6.54 Å². The quantitative estimate of drug-likeness (QED) is 0.890. The van der Waals surface area contributed by atoms with Crippen molar-refractivity contribution in [3.63, 3.8) is 0 Å². The zero-order valence-corrected chi connectivity index (χ0v) is 12.6. The Kier molecular flexibility index (Phi) is 4.53. The fourth-order valence-electron chi connectivity index (χ4n) is 2.29. The maximum absolute atomic E-state index is 12.4. The third kappa shape index (κ3) is 3.95. The van der Waals surface area contributed by atoms with Gasteiger partial charge >= 0.3 is 5.97 Å². The van der Waals surface area contributed by atoms with E-state index in [1.54, 1.807) is 0 Å². The first kappa shape index (κ1) is 15.8. The van der Waals surface area contributed by atoms with Crippen molar-refractivity contribution < 1.29 is 23.1 Å². The van der Waals surface area contributed by atoms with Gasteiger partial charge in [0, 0.05) is 16.6 Å². The van der Waals surface area contributed by atoms with E-state index in [0.717, 1.165) is 4.90 Å². The number of rotatable bonds is 4. The Labute approximate surface area is 127 Å². The molecule has 1 saturated heterocycles. The number of carbonyl (C=O) groups is 2. The third-order valence-corrected chi connectivity index (χ3v) is 5.31. The van der Waals surface area contributed by atoms with E-state index < -0.39 is 34.3 Å². The Morgan fingerprint density at radius 2 is 1.90 bits per heavy atom. The molecule has 1 heterocycles. The van der Waals surface area contributed by atoms with Crippen molar-refractivity contribution in [3.8, 4) is 0 Å². The van der Waals surface area contributed by atoms with Gasteiger partial charge in [0.05, 0.1) is 11.5 Å². The van der Waals surface area contributed by atoms with Crippen LogP contribution in [0.5, 0.6) is 0 Å². The normalized spacial score (nSPS) is 20.1. The predicted molar refractivity (Wildman–Crippen MR) is 77.2 cm³/mol. The summed E-state index contributed by atoms with van der Waals surface area (Å²) in [6.07, 6.45) is 0.259. The van der Waals surface area contributed by atoms with Gasteiger partial charge in [-0.2, -0.15) is 0 Å². The van der Waals surface area contributed by atoms with Gasteiger partial charge in [0.2, 0.25) is 0 Å². The van der Waals surface area contributed by atoms with E-state index in [0.29, 0.717) is 5.02 Å². The van der Waals surface area contributed by atoms with E-state index in [2.05, 4.69) is 0 Å². The lowest BCUT2D eigenvalue weighted by Crippen LogP contribution is -2.44. The second kappa shape index (κ2) is 6.03. The van der Waals surface area contributed by atoms with Crippen molar-refractivity contribution in [2.24, 2.45) is 0 Å². The number of benzene rings is 1. The molecule has 1 N–H and O–H groups in total. The summed E-state index contributed by atoms with van der Waals surface area (Å²) in [7, 11) is -3.21. The minimum absolute atomic E-state index is 0.0261. The van der Waals surface area contributed by atoms with Crippen LogP contribution in [0.25, 0.3) is 0 Å². The molecule has 0 aliphatic carbocycles. The topological polar surface area (TPSA) is 91.8 Å². The van der Waals surface area contributed by atoms with Gasteiger partial charge in [-0.05, 0) is 30.7 Å². The van der Waals surface area contributed by atoms with Crippen LogP contribution in [0.1, 0.15) is 16.8 Å². The highest BCUT2D eigenvalue weighted by Gasteiger charge is 2.35. The minimum Gasteiger partial charge on any atom is -0.480 e. The summed E-state index contributed by atoms with van der Waals surface area (Å²) in [4.78, 5) is 24.5. The molecule has 1 aromatic rings. The van der Waals surface area contributed by atoms with Gasteiger partial charge in [-0.1, -0.05) is 11.6 Å². The van der Waals surface area contributed by atoms with Gasteiger partial charge in [-0.15, -0.1) is 0 Å². The first-order chi connectivity index (χ1) is 9.78. The summed E-state index contributed by atoms with van der Waals surface area (Å²) in [5.74, 6) is -1.90. The largest absolute Gasteiger partial charge is 0.480 e. The number of carbonyl (C=O) groups excluding carboxylic acids is 1. The number of amides is 1. The number of carboxylic acid groups (broad SMARTS) is 1. The summed E-state index contributed by atoms with van der Waals surface area (Å²) >= 11 is 5.75. The zero-order chi connectivity index (χ0) is 15.6. The highest BCUT2D eigenvalue weighted by atomic mass is 35.5. The summed E-state index contributed by atoms with van der Waals surface area (Å²) in [5, 5.41) is 9.41. The lowest BCUT2D eigenvalue weighted by atomic mass is 10.1. The second-order valence-corrected chi connectivity index (χ2v) is 7.56. The SMILES string of the molecule is O=C(O)CN(C(=O)c1ccc(Cl)cc1)C1CCS(=O)(=O)C1. The van der Waals surface area contributed by atoms with Crippen molar-refractivity contribution in [1.29, 1.82) is 0 Å². The molecule has 2 rings (SSSR count). The van der Waals surface area contributed by atoms with Crippen LogP contribution in [0, 0.1) is 0 Å². The molecule has 1 fully saturated rings. The number of carboxylic acids is 1. The molecule has 1 aliphatic heterocycles. The lowest BCUT2D eigenvalue weighted by Gasteiger charge is -2.26. The molecule has 114 valence electrons. The number of halogens is 1. The van der Waals surface area contributed by atoms with Gasteiger partial charge in [0.15, 0.2) is 9.84 Å². The van der Waals surface area contributed by atoms with Gasteiger partial charge in [-0.3, -0.25) is 9.59 Å². The van der Waals surface area contributed by atoms with E-state index in [-0.39, 0.29) is 23.5 Å². The molecule has 0 aromatic heterocycles. The van der Waals surface area contributed by atoms with Gasteiger partial charge in [0.25, 0.3) is 5.91 Å². The van der Waals surface area contributed by atoms with Crippen LogP contribution in [-0.4, -0.2) is 54.4 Å². The number of nitrogens with zero attached hydrogens (tertiary/aromatic N) is 1. The van der Waals surface area contributed by atoms with E-state index in [1.165, 1.54) is 24.3 Å². The fraction of sp³-hybridized carbons (Fsp3) is 0.385. The standard InChI is InChI=1S/C13H14ClNO5S/c14-10-3-1-9(2-4-10)13(18)15(7-12(16)17)11-5-6-21(19,20)8-11/h1-4,11H,5-8H2,(H,16,17). The van der Waals surface area contributed by atoms with E-state index in [4.69, 9.17) is 16.7 Å². The first-order valence-electron chi connectivity index (χ1n) is 6.27. The van der Waals surface area contributed by atoms with Crippen molar-refractivity contribution in [3.05, 3.63) is 34.9 Å². The molecule has 8 heteroatoms. The molecule has 21 heavy (non-hydrogen) atoms. The Morgan fingerprint density at radius 3 is 2.38 bits per heavy atom. The van der Waals surface area contributed by atoms with Crippen LogP contribution >= 0.6 is 11.6 Å². The number of aliphatic carboxylic acids is 1. The van der Waals surface area contributed by atoms with E-state index in [1.807, 2.05) is 0 Å². The van der Waals surface area contributed by atoms with E-state index in [9.17, 15) is 18.0 Å². The van der Waals surface area contributed by atoms with Crippen molar-refractivity contribution in [2.45, 2.75) is 12.5 Å². The summed E-state index contributed by atoms with van der Waals surface area (Å²) in [5.41, 5.74) is 0.282. The number of hydrogen-bond donors (Lipinski definition) is 1. The minimum atomic E-state index is -3.21. The molecular weight excluding hydrogens is 318 g/mol. The molecule has 6 nitrogen and oxygen atoms in total. The van der Waals surface area contributed by atoms with Gasteiger partial charge < -0.3 is 10.0 Å². The average Bonchev–Trinajstić information content (AvgIpc) is 2.76. The Bertz CT molecular complexity index is 656. The smallest absolute Gasteiger partial charge is 0.323 e. The molecule has 1 aromatic carbocycles. The second-order valence-electron chi connectivity index (χ2n) is 4.89. The van der Waals surface area contributed by atoms with E-state index >= 15 is 0 Å². The number of hydrogen-bond acceptors (Lipinski definition) is 4. The van der Waals surface area contributed by atoms with Crippen LogP contribution in [-0.2, 0) is 14.6 Å². The molecule has 0 spiro atoms. The summed E-state index contributed by atoms with van der Waals surface area (Å²) < 4.78 is 23.1. The molecule has 0 saturated carbocycles. The maximum Gasteiger partial charge on any atom is 0.323 e. The lowest BCUT2D eigenvalue weighted by molar-refractivity contribution is -0.138. The van der Waals surface area contributed by atoms with Crippen molar-refractivity contribution >= 4 is 33.3 Å². The highest BCUT2D eigenvalue weighted by molar-refractivity contribution is 7.91. The van der Waals surface area contributed by atoms with Crippen molar-refractivity contribution in [1.82, 2.24) is 4.90 Å². The molecule has 0 bridgehead atoms. The summed E-state index contributed by atoms with van der Waals surface area (Å²) in [6.45, 7) is -0.526. The predicted octanol–water partition coefficient (Wildman–Crippen LogP) is 1.05. The monoisotopic (exact) mass is 331 g/mol. The highest BCUT2D eigenvalue weighted by Crippen LogP contribution is 2.20. The van der Waals surface area contributed by atoms with Gasteiger partial charge in [-0.25, -0.2) is 8.42 Å². The molecular formula is C13H14ClNO5S. The first-order valence-corrected chi connectivity index (χ1v) is 8.47. The third-order valence-electron chi connectivity index (χ3n) is 3.31. The zero-order valence-electron chi connectivity index (χ0n) is 11.0. The van der Waals surface area contributed by atoms with Crippen LogP contribution in [0.3, 0.4) is 0 Å². The molecule has 1 amide bonds. The summed E-state index contributed by atoms with van der Waals surface area (Å²) in [6, 6.07) is 5.43. The van der Waals surface area contributed by atoms with Crippen LogP contribution in [0.4, 0.5) is 0 Å². The molecule has 1 atom stereocenters. The Hall–Kier alpha value is -1.60. The average molecular weight is 332 g/mol. The Balaban J connectivity index is 2.25. The maximum atomic E-state index is 12.4. The molecule has 1 aliphatic rings. The molecule has 1 unspecified atom stereocenters. The fourth-order valence-corrected chi connectivity index (χ4v) is 4.15. The Morgan fingerprint density at radius 1 is 1.29 bits per heavy atom. The molecule has 0 radical (unpaired) electrons. The van der Waals surface area contributed by atoms with Crippen LogP contribution in [0.15, 0.2) is 24.3 Å². The van der Waals surface area contributed by atoms with Crippen LogP contribution < -0.4 is 0 Å².